The number of fused-ring (bicyclic) bond motifs is 3. The summed E-state index contributed by atoms with van der Waals surface area (Å²) in [5, 5.41) is 1.03. The van der Waals surface area contributed by atoms with Crippen molar-refractivity contribution in [1.82, 2.24) is 9.88 Å². The number of carbonyl (C=O) groups is 1. The van der Waals surface area contributed by atoms with Crippen molar-refractivity contribution in [3.8, 4) is 0 Å². The van der Waals surface area contributed by atoms with Gasteiger partial charge in [-0.3, -0.25) is 4.79 Å². The molecule has 30 heavy (non-hydrogen) atoms. The summed E-state index contributed by atoms with van der Waals surface area (Å²) in [4.78, 5) is 18.1. The Kier molecular flexibility index (Phi) is 4.20. The van der Waals surface area contributed by atoms with Crippen LogP contribution in [0, 0.1) is 0 Å². The lowest BCUT2D eigenvalue weighted by Crippen LogP contribution is -2.40. The Morgan fingerprint density at radius 2 is 1.93 bits per heavy atom. The monoisotopic (exact) mass is 410 g/mol. The third kappa shape index (κ3) is 2.98. The van der Waals surface area contributed by atoms with Gasteiger partial charge in [0.05, 0.1) is 23.4 Å². The lowest BCUT2D eigenvalue weighted by atomic mass is 9.91. The van der Waals surface area contributed by atoms with E-state index in [-0.39, 0.29) is 5.91 Å². The van der Waals surface area contributed by atoms with Gasteiger partial charge in [-0.2, -0.15) is 13.2 Å². The maximum atomic E-state index is 13.4. The number of para-hydroxylation sites is 1. The molecule has 4 nitrogen and oxygen atoms in total. The molecule has 1 unspecified atom stereocenters. The number of aromatic nitrogens is 1. The van der Waals surface area contributed by atoms with Crippen LogP contribution in [0.1, 0.15) is 38.8 Å². The highest BCUT2D eigenvalue weighted by atomic mass is 19.4. The average molecular weight is 410 g/mol. The van der Waals surface area contributed by atoms with E-state index in [4.69, 9.17) is 4.42 Å². The minimum Gasteiger partial charge on any atom is -0.472 e. The molecular formula is C23H17F3N2O2. The van der Waals surface area contributed by atoms with Crippen molar-refractivity contribution < 1.29 is 22.4 Å². The molecule has 0 bridgehead atoms. The summed E-state index contributed by atoms with van der Waals surface area (Å²) in [6.45, 7) is 0.389. The van der Waals surface area contributed by atoms with E-state index in [1.165, 1.54) is 18.6 Å². The molecule has 5 rings (SSSR count). The Balaban J connectivity index is 1.69. The molecule has 152 valence electrons. The van der Waals surface area contributed by atoms with Crippen LogP contribution < -0.4 is 0 Å². The third-order valence-electron chi connectivity index (χ3n) is 5.59. The standard InChI is InChI=1S/C23H17F3N2O2/c24-23(25,26)16-5-3-4-14(12-16)21-20-18(17-6-1-2-7-19(17)27-20)8-10-28(21)22(29)15-9-11-30-13-15/h1-7,9,11-13,21,27H,8,10H2. The van der Waals surface area contributed by atoms with Crippen molar-refractivity contribution in [2.45, 2.75) is 18.6 Å². The molecule has 0 saturated carbocycles. The van der Waals surface area contributed by atoms with Crippen molar-refractivity contribution in [2.75, 3.05) is 6.54 Å². The minimum absolute atomic E-state index is 0.282. The summed E-state index contributed by atoms with van der Waals surface area (Å²) < 4.78 is 45.2. The van der Waals surface area contributed by atoms with Gasteiger partial charge in [-0.15, -0.1) is 0 Å². The SMILES string of the molecule is O=C(c1ccoc1)N1CCc2c([nH]c3ccccc23)C1c1cccc(C(F)(F)F)c1. The zero-order valence-corrected chi connectivity index (χ0v) is 15.7. The number of nitrogens with zero attached hydrogens (tertiary/aromatic N) is 1. The fourth-order valence-electron chi connectivity index (χ4n) is 4.24. The van der Waals surface area contributed by atoms with Crippen LogP contribution in [0.4, 0.5) is 13.2 Å². The fourth-order valence-corrected chi connectivity index (χ4v) is 4.24. The molecule has 4 aromatic rings. The molecule has 1 aliphatic rings. The van der Waals surface area contributed by atoms with E-state index in [1.54, 1.807) is 17.0 Å². The van der Waals surface area contributed by atoms with E-state index in [2.05, 4.69) is 4.98 Å². The largest absolute Gasteiger partial charge is 0.472 e. The number of furan rings is 1. The Morgan fingerprint density at radius 3 is 2.70 bits per heavy atom. The van der Waals surface area contributed by atoms with Gasteiger partial charge in [-0.25, -0.2) is 0 Å². The topological polar surface area (TPSA) is 49.2 Å². The molecule has 0 aliphatic carbocycles. The zero-order chi connectivity index (χ0) is 20.9. The van der Waals surface area contributed by atoms with Crippen LogP contribution in [0.15, 0.2) is 71.5 Å². The number of alkyl halides is 3. The third-order valence-corrected chi connectivity index (χ3v) is 5.59. The maximum absolute atomic E-state index is 13.4. The van der Waals surface area contributed by atoms with Gasteiger partial charge in [0.15, 0.2) is 0 Å². The van der Waals surface area contributed by atoms with Gasteiger partial charge in [0.2, 0.25) is 0 Å². The quantitative estimate of drug-likeness (QED) is 0.470. The fraction of sp³-hybridized carbons (Fsp3) is 0.174. The van der Waals surface area contributed by atoms with Crippen LogP contribution in [-0.2, 0) is 12.6 Å². The van der Waals surface area contributed by atoms with Crippen LogP contribution in [0.2, 0.25) is 0 Å². The van der Waals surface area contributed by atoms with Crippen molar-refractivity contribution in [2.24, 2.45) is 0 Å². The molecule has 3 heterocycles. The van der Waals surface area contributed by atoms with E-state index in [0.717, 1.165) is 34.3 Å². The molecule has 0 spiro atoms. The predicted octanol–water partition coefficient (Wildman–Crippen LogP) is 5.57. The average Bonchev–Trinajstić information content (AvgIpc) is 3.40. The van der Waals surface area contributed by atoms with Crippen molar-refractivity contribution in [3.63, 3.8) is 0 Å². The second kappa shape index (κ2) is 6.79. The minimum atomic E-state index is -4.46. The Bertz CT molecular complexity index is 1220. The van der Waals surface area contributed by atoms with Gasteiger partial charge in [0, 0.05) is 23.1 Å². The normalized spacial score (nSPS) is 16.6. The van der Waals surface area contributed by atoms with Gasteiger partial charge >= 0.3 is 6.18 Å². The van der Waals surface area contributed by atoms with E-state index in [0.29, 0.717) is 24.1 Å². The summed E-state index contributed by atoms with van der Waals surface area (Å²) in [6.07, 6.45) is -1.09. The molecule has 1 N–H and O–H groups in total. The molecule has 2 aromatic heterocycles. The van der Waals surface area contributed by atoms with Gasteiger partial charge in [-0.1, -0.05) is 30.3 Å². The number of H-pyrrole nitrogens is 1. The van der Waals surface area contributed by atoms with Crippen LogP contribution in [-0.4, -0.2) is 22.3 Å². The number of hydrogen-bond donors (Lipinski definition) is 1. The summed E-state index contributed by atoms with van der Waals surface area (Å²) >= 11 is 0. The molecule has 1 amide bonds. The van der Waals surface area contributed by atoms with Gasteiger partial charge in [-0.05, 0) is 41.8 Å². The molecule has 1 aliphatic heterocycles. The second-order valence-electron chi connectivity index (χ2n) is 7.35. The first-order chi connectivity index (χ1) is 14.4. The highest BCUT2D eigenvalue weighted by Crippen LogP contribution is 2.40. The van der Waals surface area contributed by atoms with E-state index in [1.807, 2.05) is 24.3 Å². The first kappa shape index (κ1) is 18.5. The summed E-state index contributed by atoms with van der Waals surface area (Å²) in [6, 6.07) is 13.8. The number of amides is 1. The molecule has 2 aromatic carbocycles. The second-order valence-corrected chi connectivity index (χ2v) is 7.35. The predicted molar refractivity (Wildman–Crippen MR) is 105 cm³/mol. The van der Waals surface area contributed by atoms with Crippen LogP contribution >= 0.6 is 0 Å². The molecule has 0 saturated heterocycles. The number of hydrogen-bond acceptors (Lipinski definition) is 2. The molecule has 7 heteroatoms. The first-order valence-electron chi connectivity index (χ1n) is 9.53. The lowest BCUT2D eigenvalue weighted by Gasteiger charge is -2.36. The Hall–Kier alpha value is -3.48. The maximum Gasteiger partial charge on any atom is 0.416 e. The highest BCUT2D eigenvalue weighted by molar-refractivity contribution is 5.95. The number of benzene rings is 2. The Labute approximate surface area is 169 Å². The molecule has 0 radical (unpaired) electrons. The summed E-state index contributed by atoms with van der Waals surface area (Å²) in [7, 11) is 0. The zero-order valence-electron chi connectivity index (χ0n) is 15.7. The number of aromatic amines is 1. The number of halogens is 3. The highest BCUT2D eigenvalue weighted by Gasteiger charge is 2.37. The molecular weight excluding hydrogens is 393 g/mol. The van der Waals surface area contributed by atoms with E-state index < -0.39 is 17.8 Å². The van der Waals surface area contributed by atoms with Crippen molar-refractivity contribution >= 4 is 16.8 Å². The van der Waals surface area contributed by atoms with Crippen LogP contribution in [0.5, 0.6) is 0 Å². The van der Waals surface area contributed by atoms with E-state index in [9.17, 15) is 18.0 Å². The van der Waals surface area contributed by atoms with Crippen LogP contribution in [0.25, 0.3) is 10.9 Å². The van der Waals surface area contributed by atoms with Gasteiger partial charge in [0.1, 0.15) is 6.26 Å². The Morgan fingerprint density at radius 1 is 1.10 bits per heavy atom. The number of rotatable bonds is 2. The number of nitrogens with one attached hydrogen (secondary N) is 1. The smallest absolute Gasteiger partial charge is 0.416 e. The van der Waals surface area contributed by atoms with E-state index >= 15 is 0 Å². The summed E-state index contributed by atoms with van der Waals surface area (Å²) in [5.74, 6) is -0.282. The van der Waals surface area contributed by atoms with Crippen molar-refractivity contribution in [3.05, 3.63) is 95.1 Å². The summed E-state index contributed by atoms with van der Waals surface area (Å²) in [5.41, 5.74) is 2.72. The first-order valence-corrected chi connectivity index (χ1v) is 9.53. The lowest BCUT2D eigenvalue weighted by molar-refractivity contribution is -0.137. The molecule has 0 fully saturated rings. The van der Waals surface area contributed by atoms with Gasteiger partial charge < -0.3 is 14.3 Å². The van der Waals surface area contributed by atoms with Crippen LogP contribution in [0.3, 0.4) is 0 Å². The van der Waals surface area contributed by atoms with Gasteiger partial charge in [0.25, 0.3) is 5.91 Å². The van der Waals surface area contributed by atoms with Crippen molar-refractivity contribution in [1.29, 1.82) is 0 Å². The molecule has 1 atom stereocenters. The number of carbonyl (C=O) groups excluding carboxylic acids is 1.